The van der Waals surface area contributed by atoms with Gasteiger partial charge in [-0.1, -0.05) is 6.07 Å². The number of nitrogens with zero attached hydrogens (tertiary/aromatic N) is 4. The Balaban J connectivity index is 1.51. The molecule has 5 heterocycles. The highest BCUT2D eigenvalue weighted by Gasteiger charge is 2.37. The van der Waals surface area contributed by atoms with Gasteiger partial charge in [0.15, 0.2) is 4.96 Å². The fourth-order valence-corrected chi connectivity index (χ4v) is 5.12. The molecule has 6 nitrogen and oxygen atoms in total. The summed E-state index contributed by atoms with van der Waals surface area (Å²) in [5, 5.41) is 1.95. The summed E-state index contributed by atoms with van der Waals surface area (Å²) in [5.41, 5.74) is 2.58. The zero-order chi connectivity index (χ0) is 17.1. The fourth-order valence-electron chi connectivity index (χ4n) is 4.36. The molecule has 3 aromatic rings. The molecule has 2 atom stereocenters. The van der Waals surface area contributed by atoms with Crippen molar-refractivity contribution in [3.05, 3.63) is 57.2 Å². The van der Waals surface area contributed by atoms with Crippen LogP contribution in [0.5, 0.6) is 0 Å². The van der Waals surface area contributed by atoms with Gasteiger partial charge < -0.3 is 9.47 Å². The van der Waals surface area contributed by atoms with Gasteiger partial charge in [0, 0.05) is 48.9 Å². The fraction of sp³-hybridized carbons (Fsp3) is 0.389. The first-order valence-electron chi connectivity index (χ1n) is 8.53. The molecule has 5 rings (SSSR count). The molecule has 0 aromatic carbocycles. The van der Waals surface area contributed by atoms with E-state index in [-0.39, 0.29) is 17.4 Å². The third-order valence-corrected chi connectivity index (χ3v) is 6.16. The van der Waals surface area contributed by atoms with E-state index in [0.29, 0.717) is 31.2 Å². The third kappa shape index (κ3) is 2.18. The zero-order valence-corrected chi connectivity index (χ0v) is 14.7. The number of hydrogen-bond donors (Lipinski definition) is 0. The second-order valence-corrected chi connectivity index (χ2v) is 7.88. The van der Waals surface area contributed by atoms with Crippen molar-refractivity contribution in [1.82, 2.24) is 18.9 Å². The Morgan fingerprint density at radius 2 is 2.16 bits per heavy atom. The normalized spacial score (nSPS) is 22.2. The number of imidazole rings is 1. The van der Waals surface area contributed by atoms with Crippen molar-refractivity contribution in [3.63, 3.8) is 0 Å². The van der Waals surface area contributed by atoms with Gasteiger partial charge in [-0.2, -0.15) is 0 Å². The topological polar surface area (TPSA) is 59.6 Å². The van der Waals surface area contributed by atoms with Gasteiger partial charge >= 0.3 is 0 Å². The molecule has 128 valence electrons. The Hall–Kier alpha value is -2.41. The van der Waals surface area contributed by atoms with E-state index in [0.717, 1.165) is 22.8 Å². The molecular formula is C18H18N4O2S. The summed E-state index contributed by atoms with van der Waals surface area (Å²) in [4.78, 5) is 32.6. The molecule has 0 radical (unpaired) electrons. The van der Waals surface area contributed by atoms with Gasteiger partial charge in [0.1, 0.15) is 5.69 Å². The summed E-state index contributed by atoms with van der Waals surface area (Å²) in [7, 11) is 0. The van der Waals surface area contributed by atoms with Crippen molar-refractivity contribution >= 4 is 22.2 Å². The van der Waals surface area contributed by atoms with Crippen LogP contribution in [0.1, 0.15) is 34.2 Å². The number of piperidine rings is 1. The number of amides is 1. The lowest BCUT2D eigenvalue weighted by Gasteiger charge is -2.42. The molecule has 2 aliphatic rings. The van der Waals surface area contributed by atoms with Crippen LogP contribution in [-0.2, 0) is 6.54 Å². The lowest BCUT2D eigenvalue weighted by atomic mass is 9.83. The summed E-state index contributed by atoms with van der Waals surface area (Å²) >= 11 is 1.54. The van der Waals surface area contributed by atoms with Gasteiger partial charge in [0.25, 0.3) is 11.5 Å². The number of thiazole rings is 1. The van der Waals surface area contributed by atoms with E-state index in [9.17, 15) is 9.59 Å². The number of carbonyl (C=O) groups is 1. The second-order valence-electron chi connectivity index (χ2n) is 7.01. The summed E-state index contributed by atoms with van der Waals surface area (Å²) in [6, 6.07) is 5.47. The maximum absolute atomic E-state index is 13.2. The van der Waals surface area contributed by atoms with Gasteiger partial charge in [0.05, 0.1) is 5.69 Å². The van der Waals surface area contributed by atoms with Gasteiger partial charge in [-0.15, -0.1) is 11.3 Å². The Morgan fingerprint density at radius 3 is 3.04 bits per heavy atom. The van der Waals surface area contributed by atoms with Crippen molar-refractivity contribution in [2.75, 3.05) is 13.1 Å². The molecule has 0 N–H and O–H groups in total. The van der Waals surface area contributed by atoms with Crippen LogP contribution in [0, 0.1) is 12.8 Å². The van der Waals surface area contributed by atoms with Crippen molar-refractivity contribution in [1.29, 1.82) is 0 Å². The van der Waals surface area contributed by atoms with Crippen LogP contribution in [-0.4, -0.2) is 37.8 Å². The smallest absolute Gasteiger partial charge is 0.272 e. The monoisotopic (exact) mass is 354 g/mol. The number of aryl methyl sites for hydroxylation is 1. The molecule has 3 aromatic heterocycles. The SMILES string of the molecule is Cc1nc2sccn2c1C(=O)N1C[C@H]2C[C@@H](C1)c1cccc(=O)n1C2. The van der Waals surface area contributed by atoms with Gasteiger partial charge in [-0.05, 0) is 25.3 Å². The molecule has 1 amide bonds. The van der Waals surface area contributed by atoms with Crippen LogP contribution in [0.2, 0.25) is 0 Å². The van der Waals surface area contributed by atoms with Gasteiger partial charge in [0.2, 0.25) is 0 Å². The molecule has 25 heavy (non-hydrogen) atoms. The largest absolute Gasteiger partial charge is 0.336 e. The van der Waals surface area contributed by atoms with E-state index in [4.69, 9.17) is 0 Å². The standard InChI is InChI=1S/C18H18N4O2S/c1-11-16(21-5-6-25-18(21)19-11)17(24)20-8-12-7-13(10-20)14-3-2-4-15(23)22(14)9-12/h2-6,12-13H,7-10H2,1H3/t12-,13+/m1/s1. The molecule has 0 saturated carbocycles. The number of hydrogen-bond acceptors (Lipinski definition) is 4. The van der Waals surface area contributed by atoms with Crippen molar-refractivity contribution < 1.29 is 4.79 Å². The zero-order valence-electron chi connectivity index (χ0n) is 13.9. The maximum atomic E-state index is 13.2. The van der Waals surface area contributed by atoms with E-state index >= 15 is 0 Å². The second kappa shape index (κ2) is 5.29. The lowest BCUT2D eigenvalue weighted by molar-refractivity contribution is 0.0587. The summed E-state index contributed by atoms with van der Waals surface area (Å²) in [5.74, 6) is 0.614. The van der Waals surface area contributed by atoms with E-state index < -0.39 is 0 Å². The maximum Gasteiger partial charge on any atom is 0.272 e. The van der Waals surface area contributed by atoms with E-state index in [2.05, 4.69) is 4.98 Å². The number of fused-ring (bicyclic) bond motifs is 5. The number of aromatic nitrogens is 3. The Labute approximate surface area is 148 Å². The first-order chi connectivity index (χ1) is 12.1. The van der Waals surface area contributed by atoms with Gasteiger partial charge in [-0.3, -0.25) is 14.0 Å². The molecule has 7 heteroatoms. The average molecular weight is 354 g/mol. The number of pyridine rings is 1. The van der Waals surface area contributed by atoms with E-state index in [1.165, 1.54) is 11.3 Å². The Kier molecular flexibility index (Phi) is 3.15. The quantitative estimate of drug-likeness (QED) is 0.673. The highest BCUT2D eigenvalue weighted by atomic mass is 32.1. The van der Waals surface area contributed by atoms with E-state index in [1.807, 2.05) is 44.5 Å². The molecule has 2 aliphatic heterocycles. The van der Waals surface area contributed by atoms with Crippen LogP contribution < -0.4 is 5.56 Å². The predicted molar refractivity (Wildman–Crippen MR) is 95.3 cm³/mol. The minimum absolute atomic E-state index is 0.0461. The van der Waals surface area contributed by atoms with Crippen LogP contribution in [0.3, 0.4) is 0 Å². The first-order valence-corrected chi connectivity index (χ1v) is 9.41. The number of likely N-dealkylation sites (tertiary alicyclic amines) is 1. The lowest BCUT2D eigenvalue weighted by Crippen LogP contribution is -2.49. The van der Waals surface area contributed by atoms with E-state index in [1.54, 1.807) is 6.07 Å². The van der Waals surface area contributed by atoms with Crippen LogP contribution in [0.25, 0.3) is 4.96 Å². The molecule has 1 saturated heterocycles. The minimum atomic E-state index is 0.0461. The summed E-state index contributed by atoms with van der Waals surface area (Å²) in [6.07, 6.45) is 2.96. The van der Waals surface area contributed by atoms with Crippen LogP contribution in [0.4, 0.5) is 0 Å². The first kappa shape index (κ1) is 14.9. The molecular weight excluding hydrogens is 336 g/mol. The molecule has 0 spiro atoms. The Morgan fingerprint density at radius 1 is 1.28 bits per heavy atom. The number of rotatable bonds is 1. The molecule has 0 unspecified atom stereocenters. The highest BCUT2D eigenvalue weighted by Crippen LogP contribution is 2.35. The van der Waals surface area contributed by atoms with Crippen molar-refractivity contribution in [2.24, 2.45) is 5.92 Å². The van der Waals surface area contributed by atoms with Crippen molar-refractivity contribution in [2.45, 2.75) is 25.8 Å². The molecule has 0 aliphatic carbocycles. The third-order valence-electron chi connectivity index (χ3n) is 5.41. The molecule has 2 bridgehead atoms. The molecule has 1 fully saturated rings. The minimum Gasteiger partial charge on any atom is -0.336 e. The summed E-state index contributed by atoms with van der Waals surface area (Å²) < 4.78 is 3.78. The predicted octanol–water partition coefficient (Wildman–Crippen LogP) is 2.13. The Bertz CT molecular complexity index is 1050. The van der Waals surface area contributed by atoms with Crippen LogP contribution >= 0.6 is 11.3 Å². The van der Waals surface area contributed by atoms with Gasteiger partial charge in [-0.25, -0.2) is 4.98 Å². The van der Waals surface area contributed by atoms with Crippen LogP contribution in [0.15, 0.2) is 34.6 Å². The average Bonchev–Trinajstić information content (AvgIpc) is 3.15. The number of carbonyl (C=O) groups excluding carboxylic acids is 1. The summed E-state index contributed by atoms with van der Waals surface area (Å²) in [6.45, 7) is 3.96. The highest BCUT2D eigenvalue weighted by molar-refractivity contribution is 7.15. The van der Waals surface area contributed by atoms with Crippen molar-refractivity contribution in [3.8, 4) is 0 Å².